The van der Waals surface area contributed by atoms with Crippen LogP contribution in [0.3, 0.4) is 0 Å². The Morgan fingerprint density at radius 1 is 1.31 bits per heavy atom. The van der Waals surface area contributed by atoms with E-state index in [4.69, 9.17) is 9.79 Å². The quantitative estimate of drug-likeness (QED) is 0.647. The molecule has 0 aromatic rings. The Morgan fingerprint density at radius 2 is 1.85 bits per heavy atom. The topological polar surface area (TPSA) is 77.8 Å². The van der Waals surface area contributed by atoms with Gasteiger partial charge in [0.05, 0.1) is 6.16 Å². The number of amides is 1. The molecule has 13 heavy (non-hydrogen) atoms. The van der Waals surface area contributed by atoms with Crippen LogP contribution in [0.1, 0.15) is 19.3 Å². The summed E-state index contributed by atoms with van der Waals surface area (Å²) in [5.74, 6) is -0.138. The molecule has 0 aromatic carbocycles. The van der Waals surface area contributed by atoms with Gasteiger partial charge < -0.3 is 14.7 Å². The Labute approximate surface area is 76.9 Å². The third-order valence-electron chi connectivity index (χ3n) is 2.08. The predicted molar refractivity (Wildman–Crippen MR) is 47.3 cm³/mol. The van der Waals surface area contributed by atoms with Gasteiger partial charge in [-0.05, 0) is 12.8 Å². The third-order valence-corrected chi connectivity index (χ3v) is 2.88. The highest BCUT2D eigenvalue weighted by atomic mass is 31.2. The summed E-state index contributed by atoms with van der Waals surface area (Å²) in [5.41, 5.74) is 0. The van der Waals surface area contributed by atoms with E-state index in [0.29, 0.717) is 0 Å². The first-order chi connectivity index (χ1) is 5.99. The lowest BCUT2D eigenvalue weighted by atomic mass is 10.4. The summed E-state index contributed by atoms with van der Waals surface area (Å²) in [7, 11) is -4.01. The van der Waals surface area contributed by atoms with Gasteiger partial charge in [-0.25, -0.2) is 0 Å². The summed E-state index contributed by atoms with van der Waals surface area (Å²) in [4.78, 5) is 30.0. The predicted octanol–water partition coefficient (Wildman–Crippen LogP) is 0.177. The number of carbonyl (C=O) groups is 1. The molecule has 0 aliphatic carbocycles. The summed E-state index contributed by atoms with van der Waals surface area (Å²) < 4.78 is 10.5. The lowest BCUT2D eigenvalue weighted by Gasteiger charge is -2.14. The molecule has 0 radical (unpaired) electrons. The van der Waals surface area contributed by atoms with Gasteiger partial charge in [-0.15, -0.1) is 0 Å². The molecule has 1 amide bonds. The summed E-state index contributed by atoms with van der Waals surface area (Å²) in [5, 5.41) is 0. The molecule has 0 saturated carbocycles. The fourth-order valence-electron chi connectivity index (χ4n) is 1.37. The lowest BCUT2D eigenvalue weighted by molar-refractivity contribution is -0.129. The van der Waals surface area contributed by atoms with Crippen molar-refractivity contribution in [2.45, 2.75) is 19.3 Å². The highest BCUT2D eigenvalue weighted by Crippen LogP contribution is 2.35. The van der Waals surface area contributed by atoms with Crippen LogP contribution in [-0.2, 0) is 9.36 Å². The average Bonchev–Trinajstić information content (AvgIpc) is 2.50. The zero-order valence-corrected chi connectivity index (χ0v) is 8.24. The van der Waals surface area contributed by atoms with Gasteiger partial charge in [0.2, 0.25) is 5.91 Å². The summed E-state index contributed by atoms with van der Waals surface area (Å²) in [6, 6.07) is 0. The third kappa shape index (κ3) is 3.89. The van der Waals surface area contributed by atoms with E-state index in [2.05, 4.69) is 0 Å². The van der Waals surface area contributed by atoms with Gasteiger partial charge in [0.25, 0.3) is 0 Å². The van der Waals surface area contributed by atoms with Crippen LogP contribution >= 0.6 is 7.60 Å². The Balaban J connectivity index is 2.29. The van der Waals surface area contributed by atoms with Crippen LogP contribution in [-0.4, -0.2) is 39.8 Å². The van der Waals surface area contributed by atoms with Crippen molar-refractivity contribution in [3.63, 3.8) is 0 Å². The maximum atomic E-state index is 11.3. The van der Waals surface area contributed by atoms with Crippen molar-refractivity contribution in [1.29, 1.82) is 0 Å². The molecular weight excluding hydrogens is 193 g/mol. The highest BCUT2D eigenvalue weighted by Gasteiger charge is 2.21. The fraction of sp³-hybridized carbons (Fsp3) is 0.857. The Hall–Kier alpha value is -0.380. The average molecular weight is 207 g/mol. The highest BCUT2D eigenvalue weighted by molar-refractivity contribution is 7.51. The minimum absolute atomic E-state index is 0.0374. The molecule has 0 bridgehead atoms. The fourth-order valence-corrected chi connectivity index (χ4v) is 1.85. The van der Waals surface area contributed by atoms with Crippen molar-refractivity contribution >= 4 is 13.5 Å². The van der Waals surface area contributed by atoms with Gasteiger partial charge >= 0.3 is 7.60 Å². The van der Waals surface area contributed by atoms with Crippen LogP contribution < -0.4 is 0 Å². The van der Waals surface area contributed by atoms with Crippen LogP contribution in [0, 0.1) is 0 Å². The standard InChI is InChI=1S/C7H14NO4P/c9-7(3-6-13(10,11)12)8-4-1-2-5-8/h1-6H2,(H2,10,11,12). The SMILES string of the molecule is O=C(CCP(=O)(O)O)N1CCCC1. The molecule has 1 fully saturated rings. The van der Waals surface area contributed by atoms with E-state index in [1.54, 1.807) is 4.90 Å². The Kier molecular flexibility index (Phi) is 3.47. The van der Waals surface area contributed by atoms with Crippen molar-refractivity contribution in [3.05, 3.63) is 0 Å². The smallest absolute Gasteiger partial charge is 0.326 e. The number of carbonyl (C=O) groups excluding carboxylic acids is 1. The second-order valence-corrected chi connectivity index (χ2v) is 5.00. The zero-order chi connectivity index (χ0) is 9.90. The maximum absolute atomic E-state index is 11.3. The molecule has 2 N–H and O–H groups in total. The summed E-state index contributed by atoms with van der Waals surface area (Å²) in [6.45, 7) is 1.47. The monoisotopic (exact) mass is 207 g/mol. The van der Waals surface area contributed by atoms with Crippen molar-refractivity contribution in [3.8, 4) is 0 Å². The lowest BCUT2D eigenvalue weighted by Crippen LogP contribution is -2.28. The van der Waals surface area contributed by atoms with Gasteiger partial charge in [0.15, 0.2) is 0 Å². The zero-order valence-electron chi connectivity index (χ0n) is 7.35. The summed E-state index contributed by atoms with van der Waals surface area (Å²) in [6.07, 6.45) is 1.63. The molecule has 1 rings (SSSR count). The van der Waals surface area contributed by atoms with Gasteiger partial charge in [0.1, 0.15) is 0 Å². The minimum Gasteiger partial charge on any atom is -0.343 e. The van der Waals surface area contributed by atoms with Gasteiger partial charge in [-0.3, -0.25) is 9.36 Å². The number of rotatable bonds is 3. The van der Waals surface area contributed by atoms with E-state index in [0.717, 1.165) is 25.9 Å². The largest absolute Gasteiger partial charge is 0.343 e. The first-order valence-corrected chi connectivity index (χ1v) is 6.11. The minimum atomic E-state index is -4.01. The number of nitrogens with zero attached hydrogens (tertiary/aromatic N) is 1. The van der Waals surface area contributed by atoms with E-state index in [9.17, 15) is 9.36 Å². The molecular formula is C7H14NO4P. The molecule has 1 aliphatic rings. The van der Waals surface area contributed by atoms with Crippen molar-refractivity contribution in [1.82, 2.24) is 4.90 Å². The number of hydrogen-bond donors (Lipinski definition) is 2. The van der Waals surface area contributed by atoms with E-state index in [1.807, 2.05) is 0 Å². The molecule has 1 aliphatic heterocycles. The van der Waals surface area contributed by atoms with Crippen molar-refractivity contribution in [2.24, 2.45) is 0 Å². The van der Waals surface area contributed by atoms with Crippen LogP contribution in [0.2, 0.25) is 0 Å². The second-order valence-electron chi connectivity index (χ2n) is 3.23. The van der Waals surface area contributed by atoms with Gasteiger partial charge in [0, 0.05) is 19.5 Å². The maximum Gasteiger partial charge on any atom is 0.326 e. The van der Waals surface area contributed by atoms with Crippen LogP contribution in [0.25, 0.3) is 0 Å². The van der Waals surface area contributed by atoms with Crippen molar-refractivity contribution in [2.75, 3.05) is 19.3 Å². The molecule has 0 spiro atoms. The number of likely N-dealkylation sites (tertiary alicyclic amines) is 1. The van der Waals surface area contributed by atoms with E-state index in [-0.39, 0.29) is 18.5 Å². The summed E-state index contributed by atoms with van der Waals surface area (Å²) >= 11 is 0. The van der Waals surface area contributed by atoms with E-state index < -0.39 is 7.60 Å². The van der Waals surface area contributed by atoms with E-state index in [1.165, 1.54) is 0 Å². The number of hydrogen-bond acceptors (Lipinski definition) is 2. The molecule has 0 unspecified atom stereocenters. The first-order valence-electron chi connectivity index (χ1n) is 4.31. The molecule has 5 nitrogen and oxygen atoms in total. The second kappa shape index (κ2) is 4.22. The first kappa shape index (κ1) is 10.7. The Morgan fingerprint density at radius 3 is 2.31 bits per heavy atom. The van der Waals surface area contributed by atoms with Crippen LogP contribution in [0.5, 0.6) is 0 Å². The normalized spacial score (nSPS) is 17.8. The molecule has 0 atom stereocenters. The van der Waals surface area contributed by atoms with E-state index >= 15 is 0 Å². The van der Waals surface area contributed by atoms with Crippen LogP contribution in [0.15, 0.2) is 0 Å². The molecule has 0 aromatic heterocycles. The van der Waals surface area contributed by atoms with Crippen molar-refractivity contribution < 1.29 is 19.1 Å². The molecule has 1 heterocycles. The van der Waals surface area contributed by atoms with Gasteiger partial charge in [-0.1, -0.05) is 0 Å². The molecule has 6 heteroatoms. The molecule has 76 valence electrons. The van der Waals surface area contributed by atoms with Gasteiger partial charge in [-0.2, -0.15) is 0 Å². The Bertz CT molecular complexity index is 231. The molecule has 1 saturated heterocycles. The van der Waals surface area contributed by atoms with Crippen LogP contribution in [0.4, 0.5) is 0 Å².